The van der Waals surface area contributed by atoms with Gasteiger partial charge in [0, 0.05) is 11.8 Å². The maximum absolute atomic E-state index is 14.0. The molecule has 1 fully saturated rings. The van der Waals surface area contributed by atoms with Crippen molar-refractivity contribution in [2.24, 2.45) is 0 Å². The number of benzene rings is 1. The van der Waals surface area contributed by atoms with Crippen LogP contribution in [0.25, 0.3) is 0 Å². The zero-order valence-corrected chi connectivity index (χ0v) is 12.3. The van der Waals surface area contributed by atoms with E-state index in [1.807, 2.05) is 0 Å². The summed E-state index contributed by atoms with van der Waals surface area (Å²) in [6.07, 6.45) is 1.57. The van der Waals surface area contributed by atoms with Gasteiger partial charge in [0.15, 0.2) is 5.78 Å². The number of urea groups is 1. The zero-order chi connectivity index (χ0) is 16.6. The summed E-state index contributed by atoms with van der Waals surface area (Å²) in [5.74, 6) is -1.66. The number of Topliss-reactive ketones (excluding diaryl/α,β-unsaturated/α-hetero) is 1. The molecule has 0 spiro atoms. The maximum atomic E-state index is 14.0. The highest BCUT2D eigenvalue weighted by molar-refractivity contribution is 6.10. The lowest BCUT2D eigenvalue weighted by Crippen LogP contribution is -2.42. The van der Waals surface area contributed by atoms with Crippen LogP contribution in [0.15, 0.2) is 42.6 Å². The van der Waals surface area contributed by atoms with Gasteiger partial charge < -0.3 is 10.3 Å². The third-order valence-corrected chi connectivity index (χ3v) is 3.89. The Morgan fingerprint density at radius 1 is 1.22 bits per heavy atom. The molecule has 118 valence electrons. The minimum atomic E-state index is -1.53. The van der Waals surface area contributed by atoms with Gasteiger partial charge in [-0.1, -0.05) is 18.2 Å². The third kappa shape index (κ3) is 2.40. The monoisotopic (exact) mass is 315 g/mol. The molecule has 0 radical (unpaired) electrons. The molecule has 3 rings (SSSR count). The molecule has 23 heavy (non-hydrogen) atoms. The van der Waals surface area contributed by atoms with E-state index < -0.39 is 35.6 Å². The van der Waals surface area contributed by atoms with E-state index in [0.717, 1.165) is 4.90 Å². The Kier molecular flexibility index (Phi) is 3.48. The van der Waals surface area contributed by atoms with Crippen LogP contribution in [-0.4, -0.2) is 34.2 Å². The van der Waals surface area contributed by atoms with E-state index in [0.29, 0.717) is 5.69 Å². The van der Waals surface area contributed by atoms with Crippen molar-refractivity contribution in [2.75, 3.05) is 6.54 Å². The van der Waals surface area contributed by atoms with Gasteiger partial charge in [-0.2, -0.15) is 0 Å². The fourth-order valence-electron chi connectivity index (χ4n) is 2.62. The van der Waals surface area contributed by atoms with E-state index in [9.17, 15) is 18.8 Å². The molecule has 1 aromatic heterocycles. The van der Waals surface area contributed by atoms with Crippen molar-refractivity contribution in [3.63, 3.8) is 0 Å². The largest absolute Gasteiger partial charge is 0.359 e. The standard InChI is InChI=1S/C16H14FN3O3/c1-16(10-5-2-3-6-11(10)17)14(22)20(15(23)19-16)9-13(21)12-7-4-8-18-12/h2-8,18H,9H2,1H3,(H,19,23)/t16-/m1/s1. The van der Waals surface area contributed by atoms with Gasteiger partial charge in [-0.15, -0.1) is 0 Å². The summed E-state index contributed by atoms with van der Waals surface area (Å²) in [4.78, 5) is 40.3. The number of nitrogens with zero attached hydrogens (tertiary/aromatic N) is 1. The predicted molar refractivity (Wildman–Crippen MR) is 79.1 cm³/mol. The van der Waals surface area contributed by atoms with Crippen LogP contribution in [0.4, 0.5) is 9.18 Å². The van der Waals surface area contributed by atoms with E-state index in [2.05, 4.69) is 10.3 Å². The quantitative estimate of drug-likeness (QED) is 0.667. The van der Waals surface area contributed by atoms with Crippen molar-refractivity contribution in [2.45, 2.75) is 12.5 Å². The van der Waals surface area contributed by atoms with Crippen molar-refractivity contribution >= 4 is 17.7 Å². The minimum absolute atomic E-state index is 0.0631. The summed E-state index contributed by atoms with van der Waals surface area (Å²) in [6, 6.07) is 8.20. The molecule has 1 saturated heterocycles. The topological polar surface area (TPSA) is 82.3 Å². The number of H-pyrrole nitrogens is 1. The number of hydrogen-bond donors (Lipinski definition) is 2. The second-order valence-corrected chi connectivity index (χ2v) is 5.43. The molecule has 0 unspecified atom stereocenters. The number of carbonyl (C=O) groups is 3. The predicted octanol–water partition coefficient (Wildman–Crippen LogP) is 1.80. The summed E-state index contributed by atoms with van der Waals surface area (Å²) < 4.78 is 14.0. The van der Waals surface area contributed by atoms with Crippen LogP contribution < -0.4 is 5.32 Å². The van der Waals surface area contributed by atoms with Crippen LogP contribution in [0.3, 0.4) is 0 Å². The lowest BCUT2D eigenvalue weighted by molar-refractivity contribution is -0.130. The molecule has 7 heteroatoms. The van der Waals surface area contributed by atoms with Crippen LogP contribution in [0.1, 0.15) is 23.0 Å². The fourth-order valence-corrected chi connectivity index (χ4v) is 2.62. The van der Waals surface area contributed by atoms with Gasteiger partial charge >= 0.3 is 6.03 Å². The number of imide groups is 1. The average molecular weight is 315 g/mol. The van der Waals surface area contributed by atoms with Crippen LogP contribution in [0.2, 0.25) is 0 Å². The number of rotatable bonds is 4. The van der Waals surface area contributed by atoms with E-state index in [4.69, 9.17) is 0 Å². The van der Waals surface area contributed by atoms with Gasteiger partial charge in [0.2, 0.25) is 0 Å². The highest BCUT2D eigenvalue weighted by atomic mass is 19.1. The highest BCUT2D eigenvalue weighted by Gasteiger charge is 2.50. The van der Waals surface area contributed by atoms with Gasteiger partial charge in [-0.05, 0) is 25.1 Å². The fraction of sp³-hybridized carbons (Fsp3) is 0.188. The highest BCUT2D eigenvalue weighted by Crippen LogP contribution is 2.30. The second-order valence-electron chi connectivity index (χ2n) is 5.43. The number of amides is 3. The molecule has 2 N–H and O–H groups in total. The number of nitrogens with one attached hydrogen (secondary N) is 2. The molecule has 3 amide bonds. The minimum Gasteiger partial charge on any atom is -0.359 e. The van der Waals surface area contributed by atoms with Gasteiger partial charge in [0.1, 0.15) is 11.4 Å². The first-order valence-corrected chi connectivity index (χ1v) is 6.99. The lowest BCUT2D eigenvalue weighted by atomic mass is 9.91. The Hall–Kier alpha value is -2.96. The van der Waals surface area contributed by atoms with Crippen molar-refractivity contribution in [3.8, 4) is 0 Å². The number of halogens is 1. The molecule has 0 saturated carbocycles. The third-order valence-electron chi connectivity index (χ3n) is 3.89. The Labute approximate surface area is 131 Å². The normalized spacial score (nSPS) is 20.7. The molecule has 0 bridgehead atoms. The molecule has 1 aliphatic rings. The van der Waals surface area contributed by atoms with Gasteiger partial charge in [-0.3, -0.25) is 14.5 Å². The van der Waals surface area contributed by atoms with Crippen molar-refractivity contribution in [3.05, 3.63) is 59.7 Å². The number of ketones is 1. The molecule has 6 nitrogen and oxygen atoms in total. The van der Waals surface area contributed by atoms with Crippen molar-refractivity contribution in [1.29, 1.82) is 0 Å². The summed E-state index contributed by atoms with van der Waals surface area (Å²) in [7, 11) is 0. The summed E-state index contributed by atoms with van der Waals surface area (Å²) >= 11 is 0. The smallest absolute Gasteiger partial charge is 0.325 e. The van der Waals surface area contributed by atoms with Crippen molar-refractivity contribution in [1.82, 2.24) is 15.2 Å². The van der Waals surface area contributed by atoms with Crippen LogP contribution in [0.5, 0.6) is 0 Å². The zero-order valence-electron chi connectivity index (χ0n) is 12.3. The molecule has 1 aliphatic heterocycles. The molecule has 0 aliphatic carbocycles. The molecule has 1 atom stereocenters. The Bertz CT molecular complexity index is 788. The van der Waals surface area contributed by atoms with E-state index in [1.54, 1.807) is 24.4 Å². The molecular formula is C16H14FN3O3. The van der Waals surface area contributed by atoms with Crippen LogP contribution >= 0.6 is 0 Å². The Morgan fingerprint density at radius 2 is 1.96 bits per heavy atom. The molecular weight excluding hydrogens is 301 g/mol. The van der Waals surface area contributed by atoms with Gasteiger partial charge in [0.25, 0.3) is 5.91 Å². The van der Waals surface area contributed by atoms with E-state index >= 15 is 0 Å². The first-order chi connectivity index (χ1) is 10.9. The lowest BCUT2D eigenvalue weighted by Gasteiger charge is -2.22. The second kappa shape index (κ2) is 5.35. The number of carbonyl (C=O) groups excluding carboxylic acids is 3. The van der Waals surface area contributed by atoms with Gasteiger partial charge in [0.05, 0.1) is 12.2 Å². The average Bonchev–Trinajstić information content (AvgIpc) is 3.12. The van der Waals surface area contributed by atoms with E-state index in [1.165, 1.54) is 25.1 Å². The van der Waals surface area contributed by atoms with Crippen molar-refractivity contribution < 1.29 is 18.8 Å². The maximum Gasteiger partial charge on any atom is 0.325 e. The van der Waals surface area contributed by atoms with Crippen LogP contribution in [-0.2, 0) is 10.3 Å². The first-order valence-electron chi connectivity index (χ1n) is 6.99. The van der Waals surface area contributed by atoms with E-state index in [-0.39, 0.29) is 5.56 Å². The molecule has 1 aromatic carbocycles. The Morgan fingerprint density at radius 3 is 2.61 bits per heavy atom. The molecule has 2 heterocycles. The number of hydrogen-bond acceptors (Lipinski definition) is 3. The van der Waals surface area contributed by atoms with Crippen LogP contribution in [0, 0.1) is 5.82 Å². The number of aromatic amines is 1. The summed E-state index contributed by atoms with van der Waals surface area (Å²) in [5.41, 5.74) is -1.17. The SMILES string of the molecule is C[C@]1(c2ccccc2F)NC(=O)N(CC(=O)c2ccc[nH]2)C1=O. The molecule has 2 aromatic rings. The Balaban J connectivity index is 1.88. The summed E-state index contributed by atoms with van der Waals surface area (Å²) in [5, 5.41) is 2.47. The summed E-state index contributed by atoms with van der Waals surface area (Å²) in [6.45, 7) is 1.01. The first kappa shape index (κ1) is 15.0. The number of aromatic nitrogens is 1. The van der Waals surface area contributed by atoms with Gasteiger partial charge in [-0.25, -0.2) is 9.18 Å².